The molecule has 0 saturated carbocycles. The zero-order chi connectivity index (χ0) is 9.97. The van der Waals surface area contributed by atoms with Crippen LogP contribution in [-0.2, 0) is 18.6 Å². The van der Waals surface area contributed by atoms with Crippen molar-refractivity contribution in [1.82, 2.24) is 0 Å². The number of nitrogens with one attached hydrogen (secondary N) is 1. The second kappa shape index (κ2) is 5.31. The van der Waals surface area contributed by atoms with Gasteiger partial charge in [-0.05, 0) is 18.4 Å². The molecule has 1 heterocycles. The van der Waals surface area contributed by atoms with Gasteiger partial charge < -0.3 is 0 Å². The van der Waals surface area contributed by atoms with Crippen LogP contribution in [0.15, 0.2) is 41.8 Å². The van der Waals surface area contributed by atoms with Crippen molar-refractivity contribution in [1.29, 1.82) is 5.41 Å². The van der Waals surface area contributed by atoms with E-state index in [1.54, 1.807) is 11.3 Å². The van der Waals surface area contributed by atoms with E-state index in [1.165, 1.54) is 5.56 Å². The summed E-state index contributed by atoms with van der Waals surface area (Å²) in [6, 6.07) is 12.0. The van der Waals surface area contributed by atoms with Crippen molar-refractivity contribution in [2.24, 2.45) is 0 Å². The van der Waals surface area contributed by atoms with Crippen molar-refractivity contribution in [3.63, 3.8) is 0 Å². The molecule has 15 heavy (non-hydrogen) atoms. The van der Waals surface area contributed by atoms with Gasteiger partial charge in [-0.1, -0.05) is 35.9 Å². The van der Waals surface area contributed by atoms with Crippen LogP contribution in [-0.4, -0.2) is 5.71 Å². The Morgan fingerprint density at radius 2 is 1.80 bits per heavy atom. The summed E-state index contributed by atoms with van der Waals surface area (Å²) < 4.78 is 0. The van der Waals surface area contributed by atoms with Crippen LogP contribution in [0.3, 0.4) is 0 Å². The van der Waals surface area contributed by atoms with E-state index >= 15 is 0 Å². The maximum atomic E-state index is 7.97. The van der Waals surface area contributed by atoms with Gasteiger partial charge in [-0.25, -0.2) is 0 Å². The van der Waals surface area contributed by atoms with Crippen LogP contribution in [0.5, 0.6) is 0 Å². The Kier molecular flexibility index (Phi) is 4.34. The molecule has 2 rings (SSSR count). The number of benzene rings is 1. The van der Waals surface area contributed by atoms with E-state index in [4.69, 9.17) is 5.41 Å². The first kappa shape index (κ1) is 12.2. The monoisotopic (exact) mass is 252 g/mol. The van der Waals surface area contributed by atoms with Gasteiger partial charge in [0, 0.05) is 24.1 Å². The predicted molar refractivity (Wildman–Crippen MR) is 61.4 cm³/mol. The summed E-state index contributed by atoms with van der Waals surface area (Å²) in [5.41, 5.74) is 2.82. The van der Waals surface area contributed by atoms with E-state index < -0.39 is 0 Å². The Labute approximate surface area is 106 Å². The molecule has 2 aromatic rings. The molecule has 1 aromatic heterocycles. The largest absolute Gasteiger partial charge is 0.299 e. The van der Waals surface area contributed by atoms with Gasteiger partial charge >= 0.3 is 0 Å². The van der Waals surface area contributed by atoms with Crippen molar-refractivity contribution in [3.05, 3.63) is 57.8 Å². The van der Waals surface area contributed by atoms with Crippen LogP contribution >= 0.6 is 11.3 Å². The van der Waals surface area contributed by atoms with Gasteiger partial charge in [0.25, 0.3) is 0 Å². The zero-order valence-electron chi connectivity index (χ0n) is 8.40. The molecule has 1 nitrogen and oxygen atoms in total. The minimum atomic E-state index is 0. The van der Waals surface area contributed by atoms with E-state index in [1.807, 2.05) is 41.8 Å². The third kappa shape index (κ3) is 2.81. The molecular formula is C12H11NSV. The van der Waals surface area contributed by atoms with Gasteiger partial charge in [0.05, 0.1) is 10.6 Å². The Balaban J connectivity index is 0.00000112. The molecule has 0 aliphatic rings. The standard InChI is InChI=1S/C12H11NS.V/c1-9-4-6-10(7-5-9)12(13)11-3-2-8-14-11;/h2-8,13H,1H3;. The molecule has 0 amide bonds. The van der Waals surface area contributed by atoms with Gasteiger partial charge in [0.15, 0.2) is 0 Å². The minimum absolute atomic E-state index is 0. The Morgan fingerprint density at radius 1 is 1.13 bits per heavy atom. The average Bonchev–Trinajstić information content (AvgIpc) is 2.71. The second-order valence-electron chi connectivity index (χ2n) is 3.22. The molecule has 0 fully saturated rings. The molecule has 0 bridgehead atoms. The van der Waals surface area contributed by atoms with Gasteiger partial charge in [-0.3, -0.25) is 5.41 Å². The van der Waals surface area contributed by atoms with Gasteiger partial charge in [0.2, 0.25) is 0 Å². The maximum Gasteiger partial charge on any atom is 0.0784 e. The summed E-state index contributed by atoms with van der Waals surface area (Å²) >= 11 is 1.61. The van der Waals surface area contributed by atoms with Crippen LogP contribution in [0, 0.1) is 12.3 Å². The first-order valence-electron chi connectivity index (χ1n) is 4.47. The van der Waals surface area contributed by atoms with E-state index in [9.17, 15) is 0 Å². The van der Waals surface area contributed by atoms with Gasteiger partial charge in [0.1, 0.15) is 0 Å². The summed E-state index contributed by atoms with van der Waals surface area (Å²) in [6.45, 7) is 2.05. The zero-order valence-corrected chi connectivity index (χ0v) is 10.6. The molecule has 0 aliphatic heterocycles. The molecule has 0 atom stereocenters. The maximum absolute atomic E-state index is 7.97. The molecule has 1 aromatic carbocycles. The quantitative estimate of drug-likeness (QED) is 0.791. The van der Waals surface area contributed by atoms with Crippen molar-refractivity contribution in [3.8, 4) is 0 Å². The number of hydrogen-bond donors (Lipinski definition) is 1. The van der Waals surface area contributed by atoms with Crippen molar-refractivity contribution in [2.75, 3.05) is 0 Å². The summed E-state index contributed by atoms with van der Waals surface area (Å²) in [5, 5.41) is 9.97. The van der Waals surface area contributed by atoms with E-state index in [2.05, 4.69) is 6.92 Å². The molecular weight excluding hydrogens is 241 g/mol. The van der Waals surface area contributed by atoms with Gasteiger partial charge in [-0.15, -0.1) is 11.3 Å². The summed E-state index contributed by atoms with van der Waals surface area (Å²) in [7, 11) is 0. The fourth-order valence-corrected chi connectivity index (χ4v) is 1.98. The predicted octanol–water partition coefficient (Wildman–Crippen LogP) is 3.47. The van der Waals surface area contributed by atoms with Crippen LogP contribution in [0.2, 0.25) is 0 Å². The SMILES string of the molecule is Cc1ccc(C(=N)c2cccs2)cc1.[V]. The molecule has 75 valence electrons. The first-order valence-corrected chi connectivity index (χ1v) is 5.35. The molecule has 1 radical (unpaired) electrons. The van der Waals surface area contributed by atoms with Crippen LogP contribution in [0.1, 0.15) is 16.0 Å². The number of thiophene rings is 1. The smallest absolute Gasteiger partial charge is 0.0784 e. The molecule has 0 aliphatic carbocycles. The Morgan fingerprint density at radius 3 is 2.33 bits per heavy atom. The molecule has 3 heteroatoms. The molecule has 0 spiro atoms. The van der Waals surface area contributed by atoms with Gasteiger partial charge in [-0.2, -0.15) is 0 Å². The summed E-state index contributed by atoms with van der Waals surface area (Å²) in [4.78, 5) is 1.02. The van der Waals surface area contributed by atoms with Crippen LogP contribution in [0.25, 0.3) is 0 Å². The van der Waals surface area contributed by atoms with Crippen molar-refractivity contribution < 1.29 is 18.6 Å². The normalized spacial score (nSPS) is 9.40. The van der Waals surface area contributed by atoms with E-state index in [-0.39, 0.29) is 18.6 Å². The third-order valence-corrected chi connectivity index (χ3v) is 3.00. The van der Waals surface area contributed by atoms with E-state index in [0.29, 0.717) is 5.71 Å². The first-order chi connectivity index (χ1) is 6.77. The van der Waals surface area contributed by atoms with E-state index in [0.717, 1.165) is 10.4 Å². The van der Waals surface area contributed by atoms with Crippen LogP contribution in [0.4, 0.5) is 0 Å². The van der Waals surface area contributed by atoms with Crippen molar-refractivity contribution in [2.45, 2.75) is 6.92 Å². The molecule has 1 N–H and O–H groups in total. The minimum Gasteiger partial charge on any atom is -0.299 e. The summed E-state index contributed by atoms with van der Waals surface area (Å²) in [5.74, 6) is 0. The average molecular weight is 252 g/mol. The second-order valence-corrected chi connectivity index (χ2v) is 4.17. The Hall–Kier alpha value is -0.826. The van der Waals surface area contributed by atoms with Crippen molar-refractivity contribution >= 4 is 17.0 Å². The third-order valence-electron chi connectivity index (χ3n) is 2.11. The molecule has 0 saturated heterocycles. The summed E-state index contributed by atoms with van der Waals surface area (Å²) in [6.07, 6.45) is 0. The van der Waals surface area contributed by atoms with Crippen LogP contribution < -0.4 is 0 Å². The Bertz CT molecular complexity index is 431. The number of hydrogen-bond acceptors (Lipinski definition) is 2. The molecule has 0 unspecified atom stereocenters. The number of aryl methyl sites for hydroxylation is 1. The number of rotatable bonds is 2. The fraction of sp³-hybridized carbons (Fsp3) is 0.0833. The topological polar surface area (TPSA) is 23.9 Å². The fourth-order valence-electron chi connectivity index (χ4n) is 1.28.